The second kappa shape index (κ2) is 8.32. The minimum absolute atomic E-state index is 0.231. The summed E-state index contributed by atoms with van der Waals surface area (Å²) in [6.07, 6.45) is 3.70. The van der Waals surface area contributed by atoms with E-state index in [1.807, 2.05) is 26.1 Å². The molecule has 2 aromatic carbocycles. The highest BCUT2D eigenvalue weighted by molar-refractivity contribution is 5.93. The Balaban J connectivity index is 1.74. The molecular weight excluding hydrogens is 331 g/mol. The Hall–Kier alpha value is -2.40. The highest BCUT2D eigenvalue weighted by atomic mass is 19.1. The van der Waals surface area contributed by atoms with Crippen LogP contribution in [0.15, 0.2) is 36.4 Å². The first-order chi connectivity index (χ1) is 12.6. The van der Waals surface area contributed by atoms with Gasteiger partial charge >= 0.3 is 0 Å². The molecule has 3 rings (SSSR count). The fourth-order valence-corrected chi connectivity index (χ4v) is 3.10. The van der Waals surface area contributed by atoms with Crippen molar-refractivity contribution in [3.05, 3.63) is 47.8 Å². The van der Waals surface area contributed by atoms with Gasteiger partial charge in [0.1, 0.15) is 17.3 Å². The molecule has 0 unspecified atom stereocenters. The highest BCUT2D eigenvalue weighted by Gasteiger charge is 2.15. The van der Waals surface area contributed by atoms with Crippen molar-refractivity contribution in [2.45, 2.75) is 32.6 Å². The molecule has 26 heavy (non-hydrogen) atoms. The number of benzene rings is 2. The maximum atomic E-state index is 14.7. The van der Waals surface area contributed by atoms with E-state index in [4.69, 9.17) is 9.84 Å². The minimum atomic E-state index is -0.330. The van der Waals surface area contributed by atoms with E-state index in [1.54, 1.807) is 16.8 Å². The van der Waals surface area contributed by atoms with Crippen LogP contribution in [0.5, 0.6) is 5.75 Å². The predicted molar refractivity (Wildman–Crippen MR) is 102 cm³/mol. The summed E-state index contributed by atoms with van der Waals surface area (Å²) in [6, 6.07) is 11.0. The molecule has 0 aliphatic rings. The maximum Gasteiger partial charge on any atom is 0.136 e. The van der Waals surface area contributed by atoms with Crippen molar-refractivity contribution in [3.63, 3.8) is 0 Å². The number of halogens is 1. The van der Waals surface area contributed by atoms with Gasteiger partial charge in [-0.2, -0.15) is 5.10 Å². The van der Waals surface area contributed by atoms with E-state index in [1.165, 1.54) is 6.07 Å². The Bertz CT molecular complexity index is 889. The van der Waals surface area contributed by atoms with Crippen molar-refractivity contribution >= 4 is 10.9 Å². The molecule has 0 atom stereocenters. The van der Waals surface area contributed by atoms with Gasteiger partial charge in [0.15, 0.2) is 0 Å². The molecule has 0 spiro atoms. The number of rotatable bonds is 8. The van der Waals surface area contributed by atoms with Crippen LogP contribution >= 0.6 is 0 Å². The van der Waals surface area contributed by atoms with Gasteiger partial charge in [0.05, 0.1) is 12.1 Å². The number of fused-ring (bicyclic) bond motifs is 1. The summed E-state index contributed by atoms with van der Waals surface area (Å²) < 4.78 is 22.1. The van der Waals surface area contributed by atoms with Crippen molar-refractivity contribution in [2.24, 2.45) is 7.05 Å². The van der Waals surface area contributed by atoms with Crippen molar-refractivity contribution in [2.75, 3.05) is 13.2 Å². The summed E-state index contributed by atoms with van der Waals surface area (Å²) in [7, 11) is 1.87. The van der Waals surface area contributed by atoms with E-state index in [-0.39, 0.29) is 12.4 Å². The Kier molecular flexibility index (Phi) is 5.89. The fraction of sp³-hybridized carbons (Fsp3) is 0.381. The Morgan fingerprint density at radius 2 is 1.88 bits per heavy atom. The molecular formula is C21H25FN2O2. The van der Waals surface area contributed by atoms with Gasteiger partial charge in [0, 0.05) is 30.7 Å². The lowest BCUT2D eigenvalue weighted by molar-refractivity contribution is 0.273. The molecule has 5 heteroatoms. The number of nitrogens with zero attached hydrogens (tertiary/aromatic N) is 2. The van der Waals surface area contributed by atoms with Crippen LogP contribution in [0.25, 0.3) is 22.2 Å². The number of aliphatic hydroxyl groups is 1. The first-order valence-corrected chi connectivity index (χ1v) is 9.07. The van der Waals surface area contributed by atoms with Crippen LogP contribution in [0.1, 0.15) is 31.2 Å². The van der Waals surface area contributed by atoms with Crippen LogP contribution in [0.3, 0.4) is 0 Å². The lowest BCUT2D eigenvalue weighted by Gasteiger charge is -2.08. The molecule has 0 bridgehead atoms. The molecule has 1 aromatic heterocycles. The maximum absolute atomic E-state index is 14.7. The third-order valence-electron chi connectivity index (χ3n) is 4.52. The summed E-state index contributed by atoms with van der Waals surface area (Å²) in [5.41, 5.74) is 3.27. The minimum Gasteiger partial charge on any atom is -0.493 e. The monoisotopic (exact) mass is 356 g/mol. The third kappa shape index (κ3) is 4.05. The third-order valence-corrected chi connectivity index (χ3v) is 4.52. The van der Waals surface area contributed by atoms with Gasteiger partial charge in [0.2, 0.25) is 0 Å². The molecule has 0 saturated heterocycles. The first kappa shape index (κ1) is 18.4. The van der Waals surface area contributed by atoms with Gasteiger partial charge in [-0.3, -0.25) is 4.68 Å². The van der Waals surface area contributed by atoms with E-state index in [9.17, 15) is 4.39 Å². The first-order valence-electron chi connectivity index (χ1n) is 9.07. The summed E-state index contributed by atoms with van der Waals surface area (Å²) in [4.78, 5) is 0. The van der Waals surface area contributed by atoms with E-state index in [0.717, 1.165) is 42.1 Å². The van der Waals surface area contributed by atoms with Gasteiger partial charge in [-0.25, -0.2) is 4.39 Å². The van der Waals surface area contributed by atoms with Gasteiger partial charge in [-0.05, 0) is 49.9 Å². The average Bonchev–Trinajstić information content (AvgIpc) is 2.94. The number of hydrogen-bond donors (Lipinski definition) is 1. The zero-order valence-electron chi connectivity index (χ0n) is 15.3. The molecule has 0 fully saturated rings. The predicted octanol–water partition coefficient (Wildman–Crippen LogP) is 4.62. The van der Waals surface area contributed by atoms with Gasteiger partial charge < -0.3 is 9.84 Å². The average molecular weight is 356 g/mol. The Morgan fingerprint density at radius 1 is 1.08 bits per heavy atom. The van der Waals surface area contributed by atoms with Crippen molar-refractivity contribution in [1.82, 2.24) is 9.78 Å². The molecule has 0 radical (unpaired) electrons. The largest absolute Gasteiger partial charge is 0.493 e. The normalized spacial score (nSPS) is 11.2. The molecule has 0 saturated carbocycles. The van der Waals surface area contributed by atoms with Crippen LogP contribution in [0, 0.1) is 12.7 Å². The van der Waals surface area contributed by atoms with Crippen molar-refractivity contribution in [3.8, 4) is 17.0 Å². The number of aliphatic hydroxyl groups excluding tert-OH is 1. The molecule has 0 amide bonds. The van der Waals surface area contributed by atoms with Gasteiger partial charge in [-0.1, -0.05) is 18.6 Å². The Labute approximate surface area is 153 Å². The molecule has 138 valence electrons. The van der Waals surface area contributed by atoms with Crippen LogP contribution < -0.4 is 4.74 Å². The summed E-state index contributed by atoms with van der Waals surface area (Å²) in [5.74, 6) is 0.202. The number of unbranched alkanes of at least 4 members (excludes halogenated alkanes) is 3. The second-order valence-electron chi connectivity index (χ2n) is 6.62. The lowest BCUT2D eigenvalue weighted by Crippen LogP contribution is -1.98. The number of ether oxygens (including phenoxy) is 1. The van der Waals surface area contributed by atoms with E-state index in [0.29, 0.717) is 23.6 Å². The van der Waals surface area contributed by atoms with Crippen LogP contribution in [0.4, 0.5) is 4.39 Å². The zero-order valence-corrected chi connectivity index (χ0v) is 15.3. The van der Waals surface area contributed by atoms with E-state index in [2.05, 4.69) is 11.2 Å². The van der Waals surface area contributed by atoms with Crippen LogP contribution in [-0.2, 0) is 7.05 Å². The molecule has 1 heterocycles. The highest BCUT2D eigenvalue weighted by Crippen LogP contribution is 2.31. The summed E-state index contributed by atoms with van der Waals surface area (Å²) >= 11 is 0. The SMILES string of the molecule is Cc1ccc2c(-c3ccc(OCCCCCCO)cc3F)nn(C)c2c1. The number of hydrogen-bond acceptors (Lipinski definition) is 3. The number of aromatic nitrogens is 2. The van der Waals surface area contributed by atoms with E-state index < -0.39 is 0 Å². The fourth-order valence-electron chi connectivity index (χ4n) is 3.10. The quantitative estimate of drug-likeness (QED) is 0.599. The zero-order chi connectivity index (χ0) is 18.5. The smallest absolute Gasteiger partial charge is 0.136 e. The molecule has 0 aliphatic heterocycles. The van der Waals surface area contributed by atoms with Crippen LogP contribution in [-0.4, -0.2) is 28.1 Å². The molecule has 4 nitrogen and oxygen atoms in total. The molecule has 3 aromatic rings. The van der Waals surface area contributed by atoms with Crippen molar-refractivity contribution < 1.29 is 14.2 Å². The molecule has 1 N–H and O–H groups in total. The van der Waals surface area contributed by atoms with Gasteiger partial charge in [0.25, 0.3) is 0 Å². The second-order valence-corrected chi connectivity index (χ2v) is 6.62. The summed E-state index contributed by atoms with van der Waals surface area (Å²) in [6.45, 7) is 2.81. The standard InChI is InChI=1S/C21H25FN2O2/c1-15-7-9-18-20(13-15)24(2)23-21(18)17-10-8-16(14-19(17)22)26-12-6-4-3-5-11-25/h7-10,13-14,25H,3-6,11-12H2,1-2H3. The topological polar surface area (TPSA) is 47.3 Å². The van der Waals surface area contributed by atoms with Crippen LogP contribution in [0.2, 0.25) is 0 Å². The van der Waals surface area contributed by atoms with E-state index >= 15 is 0 Å². The number of aryl methyl sites for hydroxylation is 2. The van der Waals surface area contributed by atoms with Gasteiger partial charge in [-0.15, -0.1) is 0 Å². The lowest BCUT2D eigenvalue weighted by atomic mass is 10.1. The summed E-state index contributed by atoms with van der Waals surface area (Å²) in [5, 5.41) is 14.2. The molecule has 0 aliphatic carbocycles. The van der Waals surface area contributed by atoms with Crippen molar-refractivity contribution in [1.29, 1.82) is 0 Å². The Morgan fingerprint density at radius 3 is 2.65 bits per heavy atom.